The van der Waals surface area contributed by atoms with Crippen LogP contribution in [0.15, 0.2) is 18.2 Å². The molecule has 1 aliphatic rings. The van der Waals surface area contributed by atoms with Crippen molar-refractivity contribution in [1.82, 2.24) is 9.97 Å². The van der Waals surface area contributed by atoms with E-state index in [0.29, 0.717) is 17.2 Å². The van der Waals surface area contributed by atoms with Gasteiger partial charge in [0.05, 0.1) is 22.3 Å². The number of nitrogens with one attached hydrogen (secondary N) is 1. The van der Waals surface area contributed by atoms with E-state index >= 15 is 0 Å². The molecule has 5 heteroatoms. The summed E-state index contributed by atoms with van der Waals surface area (Å²) in [4.78, 5) is 8.90. The van der Waals surface area contributed by atoms with Crippen LogP contribution in [0.3, 0.4) is 0 Å². The molecule has 0 amide bonds. The normalized spacial score (nSPS) is 12.6. The minimum atomic E-state index is 0.361. The molecule has 1 aromatic heterocycles. The van der Waals surface area contributed by atoms with Crippen molar-refractivity contribution in [3.05, 3.63) is 40.0 Å². The molecule has 104 valence electrons. The molecule has 2 aromatic rings. The third-order valence-corrected chi connectivity index (χ3v) is 3.29. The van der Waals surface area contributed by atoms with Crippen LogP contribution in [-0.4, -0.2) is 9.97 Å². The number of nitrogen functional groups attached to an aromatic ring is 1. The van der Waals surface area contributed by atoms with Gasteiger partial charge in [0.25, 0.3) is 0 Å². The van der Waals surface area contributed by atoms with E-state index < -0.39 is 0 Å². The van der Waals surface area contributed by atoms with Crippen molar-refractivity contribution in [3.8, 4) is 6.07 Å². The van der Waals surface area contributed by atoms with Crippen LogP contribution < -0.4 is 21.7 Å². The quantitative estimate of drug-likeness (QED) is 0.864. The third kappa shape index (κ3) is 2.70. The topological polar surface area (TPSA) is 87.6 Å². The lowest BCUT2D eigenvalue weighted by Gasteiger charge is -2.10. The Hall–Kier alpha value is -2.87. The maximum Gasteiger partial charge on any atom is 0.174 e. The second-order valence-corrected chi connectivity index (χ2v) is 5.04. The van der Waals surface area contributed by atoms with Crippen molar-refractivity contribution in [3.63, 3.8) is 0 Å². The van der Waals surface area contributed by atoms with Crippen molar-refractivity contribution in [1.29, 1.82) is 5.26 Å². The maximum atomic E-state index is 9.03. The van der Waals surface area contributed by atoms with Gasteiger partial charge in [-0.3, -0.25) is 0 Å². The van der Waals surface area contributed by atoms with E-state index in [4.69, 9.17) is 11.0 Å². The summed E-state index contributed by atoms with van der Waals surface area (Å²) in [7, 11) is 0. The standard InChI is InChI=1S/C16H15N5/c1-10-6-11(9-17)8-12(7-10)19-16-15(18)20-13-4-2-3-5-14(13)21-16/h4-8H,2-3H2,1H3,(H2,18,20)(H,19,21). The number of nitrogens with two attached hydrogens (primary N) is 1. The van der Waals surface area contributed by atoms with Gasteiger partial charge in [-0.15, -0.1) is 0 Å². The summed E-state index contributed by atoms with van der Waals surface area (Å²) in [5, 5.41) is 13.9. The first kappa shape index (κ1) is 13.1. The van der Waals surface area contributed by atoms with E-state index in [0.717, 1.165) is 34.8 Å². The first-order valence-electron chi connectivity index (χ1n) is 6.78. The molecule has 0 unspecified atom stereocenters. The van der Waals surface area contributed by atoms with Crippen LogP contribution in [-0.2, 0) is 0 Å². The number of nitriles is 1. The number of hydrogen-bond donors (Lipinski definition) is 2. The summed E-state index contributed by atoms with van der Waals surface area (Å²) in [6.45, 7) is 1.94. The summed E-state index contributed by atoms with van der Waals surface area (Å²) in [6, 6.07) is 7.68. The van der Waals surface area contributed by atoms with Crippen molar-refractivity contribution in [2.24, 2.45) is 0 Å². The molecule has 0 saturated heterocycles. The van der Waals surface area contributed by atoms with Gasteiger partial charge in [-0.1, -0.05) is 12.2 Å². The molecule has 0 aliphatic heterocycles. The number of anilines is 3. The predicted molar refractivity (Wildman–Crippen MR) is 83.0 cm³/mol. The van der Waals surface area contributed by atoms with Crippen molar-refractivity contribution >= 4 is 29.5 Å². The van der Waals surface area contributed by atoms with E-state index in [1.165, 1.54) is 0 Å². The van der Waals surface area contributed by atoms with Gasteiger partial charge >= 0.3 is 0 Å². The lowest BCUT2D eigenvalue weighted by molar-refractivity contribution is 1.03. The molecular formula is C16H15N5. The van der Waals surface area contributed by atoms with E-state index in [2.05, 4.69) is 27.4 Å². The minimum Gasteiger partial charge on any atom is -0.381 e. The van der Waals surface area contributed by atoms with Gasteiger partial charge in [-0.2, -0.15) is 5.26 Å². The van der Waals surface area contributed by atoms with E-state index in [9.17, 15) is 0 Å². The zero-order valence-electron chi connectivity index (χ0n) is 11.7. The Bertz CT molecular complexity index is 861. The van der Waals surface area contributed by atoms with Crippen molar-refractivity contribution in [2.45, 2.75) is 19.8 Å². The van der Waals surface area contributed by atoms with Gasteiger partial charge < -0.3 is 11.1 Å². The number of aryl methyl sites for hydroxylation is 1. The highest BCUT2D eigenvalue weighted by Gasteiger charge is 2.07. The summed E-state index contributed by atoms with van der Waals surface area (Å²) in [5.74, 6) is 0.884. The van der Waals surface area contributed by atoms with Crippen LogP contribution in [0, 0.1) is 18.3 Å². The van der Waals surface area contributed by atoms with E-state index in [-0.39, 0.29) is 0 Å². The number of rotatable bonds is 2. The molecular weight excluding hydrogens is 262 g/mol. The van der Waals surface area contributed by atoms with Crippen LogP contribution in [0.1, 0.15) is 24.0 Å². The number of benzene rings is 1. The fraction of sp³-hybridized carbons (Fsp3) is 0.188. The van der Waals surface area contributed by atoms with Crippen LogP contribution in [0.2, 0.25) is 0 Å². The van der Waals surface area contributed by atoms with Gasteiger partial charge in [0.2, 0.25) is 0 Å². The van der Waals surface area contributed by atoms with Crippen molar-refractivity contribution < 1.29 is 0 Å². The first-order chi connectivity index (χ1) is 10.2. The van der Waals surface area contributed by atoms with Crippen LogP contribution in [0.25, 0.3) is 12.2 Å². The highest BCUT2D eigenvalue weighted by atomic mass is 15.1. The second-order valence-electron chi connectivity index (χ2n) is 5.04. The van der Waals surface area contributed by atoms with Crippen LogP contribution >= 0.6 is 0 Å². The molecule has 0 fully saturated rings. The van der Waals surface area contributed by atoms with Gasteiger partial charge in [-0.25, -0.2) is 9.97 Å². The smallest absolute Gasteiger partial charge is 0.174 e. The third-order valence-electron chi connectivity index (χ3n) is 3.29. The van der Waals surface area contributed by atoms with E-state index in [1.807, 2.05) is 25.1 Å². The summed E-state index contributed by atoms with van der Waals surface area (Å²) < 4.78 is 0. The van der Waals surface area contributed by atoms with Crippen LogP contribution in [0.4, 0.5) is 17.3 Å². The zero-order valence-corrected chi connectivity index (χ0v) is 11.7. The van der Waals surface area contributed by atoms with Gasteiger partial charge in [0.15, 0.2) is 11.6 Å². The molecule has 1 aromatic carbocycles. The molecule has 1 aliphatic carbocycles. The summed E-state index contributed by atoms with van der Waals surface area (Å²) in [5.41, 5.74) is 8.35. The Kier molecular flexibility index (Phi) is 3.28. The number of aromatic nitrogens is 2. The number of nitrogens with zero attached hydrogens (tertiary/aromatic N) is 3. The Morgan fingerprint density at radius 2 is 1.86 bits per heavy atom. The minimum absolute atomic E-state index is 0.361. The molecule has 0 saturated carbocycles. The first-order valence-corrected chi connectivity index (χ1v) is 6.78. The van der Waals surface area contributed by atoms with Crippen LogP contribution in [0.5, 0.6) is 0 Å². The fourth-order valence-corrected chi connectivity index (χ4v) is 2.36. The monoisotopic (exact) mass is 277 g/mol. The summed E-state index contributed by atoms with van der Waals surface area (Å²) >= 11 is 0. The number of fused-ring (bicyclic) bond motifs is 1. The van der Waals surface area contributed by atoms with Gasteiger partial charge in [0.1, 0.15) is 0 Å². The zero-order chi connectivity index (χ0) is 14.8. The van der Waals surface area contributed by atoms with E-state index in [1.54, 1.807) is 6.07 Å². The molecule has 0 bridgehead atoms. The molecule has 1 heterocycles. The average Bonchev–Trinajstić information content (AvgIpc) is 2.47. The highest BCUT2D eigenvalue weighted by Crippen LogP contribution is 2.20. The molecule has 3 N–H and O–H groups in total. The Morgan fingerprint density at radius 1 is 1.14 bits per heavy atom. The Morgan fingerprint density at radius 3 is 2.57 bits per heavy atom. The molecule has 21 heavy (non-hydrogen) atoms. The number of hydrogen-bond acceptors (Lipinski definition) is 5. The van der Waals surface area contributed by atoms with Gasteiger partial charge in [-0.05, 0) is 43.5 Å². The predicted octanol–water partition coefficient (Wildman–Crippen LogP) is 1.34. The lowest BCUT2D eigenvalue weighted by Crippen LogP contribution is -2.34. The Labute approximate surface area is 122 Å². The Balaban J connectivity index is 2.03. The lowest BCUT2D eigenvalue weighted by atomic mass is 10.1. The average molecular weight is 277 g/mol. The highest BCUT2D eigenvalue weighted by molar-refractivity contribution is 5.67. The van der Waals surface area contributed by atoms with Crippen molar-refractivity contribution in [2.75, 3.05) is 11.1 Å². The summed E-state index contributed by atoms with van der Waals surface area (Å²) in [6.07, 6.45) is 6.04. The molecule has 3 rings (SSSR count). The molecule has 0 atom stereocenters. The second kappa shape index (κ2) is 5.25. The molecule has 5 nitrogen and oxygen atoms in total. The molecule has 0 spiro atoms. The maximum absolute atomic E-state index is 9.03. The fourth-order valence-electron chi connectivity index (χ4n) is 2.36. The van der Waals surface area contributed by atoms with Gasteiger partial charge in [0, 0.05) is 5.69 Å². The SMILES string of the molecule is Cc1cc(C#N)cc(Nc2nc3c(nc2N)=CCCC=3)c1. The molecule has 0 radical (unpaired) electrons. The largest absolute Gasteiger partial charge is 0.381 e.